The van der Waals surface area contributed by atoms with Crippen molar-refractivity contribution in [3.63, 3.8) is 0 Å². The van der Waals surface area contributed by atoms with E-state index in [1.807, 2.05) is 13.8 Å². The molecule has 0 saturated carbocycles. The number of nitrogens with zero attached hydrogens (tertiary/aromatic N) is 2. The first-order valence-electron chi connectivity index (χ1n) is 5.32. The maximum atomic E-state index is 5.50. The summed E-state index contributed by atoms with van der Waals surface area (Å²) in [6.45, 7) is 6.72. The Balaban J connectivity index is 2.72. The van der Waals surface area contributed by atoms with Gasteiger partial charge in [0, 0.05) is 6.61 Å². The first-order valence-corrected chi connectivity index (χ1v) is 6.23. The third-order valence-electron chi connectivity index (χ3n) is 2.11. The van der Waals surface area contributed by atoms with Gasteiger partial charge in [-0.3, -0.25) is 0 Å². The van der Waals surface area contributed by atoms with E-state index in [9.17, 15) is 0 Å². The fraction of sp³-hybridized carbons (Fsp3) is 0.800. The van der Waals surface area contributed by atoms with Crippen LogP contribution in [-0.4, -0.2) is 16.7 Å². The van der Waals surface area contributed by atoms with E-state index in [0.29, 0.717) is 18.3 Å². The summed E-state index contributed by atoms with van der Waals surface area (Å²) < 4.78 is 10.7. The Hall–Kier alpha value is -0.420. The zero-order chi connectivity index (χ0) is 11.3. The molecule has 0 fully saturated rings. The third kappa shape index (κ3) is 3.28. The van der Waals surface area contributed by atoms with Crippen molar-refractivity contribution in [3.05, 3.63) is 11.7 Å². The monoisotopic (exact) mass is 276 g/mol. The maximum absolute atomic E-state index is 5.50. The van der Waals surface area contributed by atoms with Gasteiger partial charge in [0.2, 0.25) is 11.7 Å². The number of hydrogen-bond acceptors (Lipinski definition) is 4. The van der Waals surface area contributed by atoms with E-state index < -0.39 is 0 Å². The lowest BCUT2D eigenvalue weighted by Crippen LogP contribution is -2.05. The SMILES string of the molecule is CCOC(CC)c1noc(C(Br)CC)n1. The molecule has 0 aliphatic carbocycles. The van der Waals surface area contributed by atoms with E-state index in [-0.39, 0.29) is 10.9 Å². The summed E-state index contributed by atoms with van der Waals surface area (Å²) in [7, 11) is 0. The maximum Gasteiger partial charge on any atom is 0.240 e. The number of aromatic nitrogens is 2. The molecule has 86 valence electrons. The second-order valence-corrected chi connectivity index (χ2v) is 4.32. The highest BCUT2D eigenvalue weighted by Gasteiger charge is 2.19. The molecule has 1 heterocycles. The van der Waals surface area contributed by atoms with Gasteiger partial charge in [0.05, 0.1) is 4.83 Å². The zero-order valence-corrected chi connectivity index (χ0v) is 11.0. The Morgan fingerprint density at radius 2 is 2.07 bits per heavy atom. The van der Waals surface area contributed by atoms with Crippen molar-refractivity contribution in [1.29, 1.82) is 0 Å². The van der Waals surface area contributed by atoms with Crippen LogP contribution in [0.25, 0.3) is 0 Å². The summed E-state index contributed by atoms with van der Waals surface area (Å²) in [5, 5.41) is 3.93. The molecule has 0 aliphatic heterocycles. The van der Waals surface area contributed by atoms with Crippen molar-refractivity contribution >= 4 is 15.9 Å². The number of alkyl halides is 1. The Morgan fingerprint density at radius 3 is 2.60 bits per heavy atom. The molecular weight excluding hydrogens is 260 g/mol. The molecule has 1 aromatic rings. The van der Waals surface area contributed by atoms with Crippen LogP contribution in [0.3, 0.4) is 0 Å². The van der Waals surface area contributed by atoms with Crippen molar-refractivity contribution in [3.8, 4) is 0 Å². The molecule has 2 atom stereocenters. The standard InChI is InChI=1S/C10H17BrN2O2/c1-4-7(11)10-12-9(13-15-10)8(5-2)14-6-3/h7-8H,4-6H2,1-3H3. The minimum atomic E-state index is -0.0518. The van der Waals surface area contributed by atoms with E-state index >= 15 is 0 Å². The number of hydrogen-bond donors (Lipinski definition) is 0. The molecule has 0 amide bonds. The molecule has 1 aromatic heterocycles. The molecular formula is C10H17BrN2O2. The predicted octanol–water partition coefficient (Wildman–Crippen LogP) is 3.40. The number of ether oxygens (including phenoxy) is 1. The van der Waals surface area contributed by atoms with Crippen LogP contribution in [0.15, 0.2) is 4.52 Å². The molecule has 0 bridgehead atoms. The van der Waals surface area contributed by atoms with Crippen LogP contribution in [0, 0.1) is 0 Å². The summed E-state index contributed by atoms with van der Waals surface area (Å²) in [5.41, 5.74) is 0. The average Bonchev–Trinajstić information content (AvgIpc) is 2.73. The quantitative estimate of drug-likeness (QED) is 0.748. The van der Waals surface area contributed by atoms with Gasteiger partial charge in [-0.2, -0.15) is 4.98 Å². The highest BCUT2D eigenvalue weighted by atomic mass is 79.9. The highest BCUT2D eigenvalue weighted by Crippen LogP contribution is 2.26. The molecule has 2 unspecified atom stereocenters. The molecule has 0 N–H and O–H groups in total. The minimum Gasteiger partial charge on any atom is -0.370 e. The molecule has 1 rings (SSSR count). The summed E-state index contributed by atoms with van der Waals surface area (Å²) in [6, 6.07) is 0. The Bertz CT molecular complexity index is 291. The van der Waals surface area contributed by atoms with Crippen LogP contribution in [0.2, 0.25) is 0 Å². The first kappa shape index (κ1) is 12.6. The molecule has 0 radical (unpaired) electrons. The van der Waals surface area contributed by atoms with Gasteiger partial charge in [0.1, 0.15) is 6.10 Å². The summed E-state index contributed by atoms with van der Waals surface area (Å²) in [5.74, 6) is 1.28. The molecule has 0 aliphatic rings. The van der Waals surface area contributed by atoms with Gasteiger partial charge < -0.3 is 9.26 Å². The van der Waals surface area contributed by atoms with Crippen molar-refractivity contribution in [2.24, 2.45) is 0 Å². The molecule has 0 aromatic carbocycles. The van der Waals surface area contributed by atoms with E-state index in [1.54, 1.807) is 0 Å². The highest BCUT2D eigenvalue weighted by molar-refractivity contribution is 9.09. The van der Waals surface area contributed by atoms with Gasteiger partial charge in [-0.05, 0) is 19.8 Å². The van der Waals surface area contributed by atoms with Crippen LogP contribution in [0.4, 0.5) is 0 Å². The van der Waals surface area contributed by atoms with Gasteiger partial charge in [-0.25, -0.2) is 0 Å². The first-order chi connectivity index (χ1) is 7.22. The average molecular weight is 277 g/mol. The Kier molecular flexibility index (Phi) is 5.25. The molecule has 0 saturated heterocycles. The fourth-order valence-corrected chi connectivity index (χ4v) is 1.44. The Morgan fingerprint density at radius 1 is 1.33 bits per heavy atom. The third-order valence-corrected chi connectivity index (χ3v) is 3.15. The Labute approximate surface area is 98.5 Å². The lowest BCUT2D eigenvalue weighted by Gasteiger charge is -2.09. The van der Waals surface area contributed by atoms with Crippen LogP contribution in [-0.2, 0) is 4.74 Å². The van der Waals surface area contributed by atoms with Gasteiger partial charge in [-0.1, -0.05) is 34.9 Å². The van der Waals surface area contributed by atoms with Crippen molar-refractivity contribution < 1.29 is 9.26 Å². The van der Waals surface area contributed by atoms with Gasteiger partial charge >= 0.3 is 0 Å². The van der Waals surface area contributed by atoms with E-state index in [4.69, 9.17) is 9.26 Å². The van der Waals surface area contributed by atoms with Gasteiger partial charge in [0.15, 0.2) is 0 Å². The van der Waals surface area contributed by atoms with Crippen LogP contribution in [0.5, 0.6) is 0 Å². The lowest BCUT2D eigenvalue weighted by molar-refractivity contribution is 0.0518. The molecule has 0 spiro atoms. The van der Waals surface area contributed by atoms with Gasteiger partial charge in [-0.15, -0.1) is 0 Å². The van der Waals surface area contributed by atoms with E-state index in [2.05, 4.69) is 33.0 Å². The minimum absolute atomic E-state index is 0.0518. The van der Waals surface area contributed by atoms with Crippen LogP contribution in [0.1, 0.15) is 56.3 Å². The van der Waals surface area contributed by atoms with E-state index in [1.165, 1.54) is 0 Å². The molecule has 4 nitrogen and oxygen atoms in total. The smallest absolute Gasteiger partial charge is 0.240 e. The normalized spacial score (nSPS) is 15.2. The van der Waals surface area contributed by atoms with E-state index in [0.717, 1.165) is 12.8 Å². The second-order valence-electron chi connectivity index (χ2n) is 3.22. The van der Waals surface area contributed by atoms with Crippen molar-refractivity contribution in [2.45, 2.75) is 44.5 Å². The molecule has 5 heteroatoms. The van der Waals surface area contributed by atoms with Crippen molar-refractivity contribution in [1.82, 2.24) is 10.1 Å². The predicted molar refractivity (Wildman–Crippen MR) is 60.9 cm³/mol. The summed E-state index contributed by atoms with van der Waals surface area (Å²) >= 11 is 3.47. The largest absolute Gasteiger partial charge is 0.370 e. The second kappa shape index (κ2) is 6.23. The van der Waals surface area contributed by atoms with Crippen LogP contribution < -0.4 is 0 Å². The lowest BCUT2D eigenvalue weighted by atomic mass is 10.2. The zero-order valence-electron chi connectivity index (χ0n) is 9.36. The number of halogens is 1. The fourth-order valence-electron chi connectivity index (χ4n) is 1.26. The van der Waals surface area contributed by atoms with Crippen molar-refractivity contribution in [2.75, 3.05) is 6.61 Å². The topological polar surface area (TPSA) is 48.2 Å². The van der Waals surface area contributed by atoms with Crippen LogP contribution >= 0.6 is 15.9 Å². The summed E-state index contributed by atoms with van der Waals surface area (Å²) in [4.78, 5) is 4.46. The number of rotatable bonds is 6. The van der Waals surface area contributed by atoms with Gasteiger partial charge in [0.25, 0.3) is 0 Å². The molecule has 15 heavy (non-hydrogen) atoms. The summed E-state index contributed by atoms with van der Waals surface area (Å²) in [6.07, 6.45) is 1.72.